The first-order valence-electron chi connectivity index (χ1n) is 49.1. The van der Waals surface area contributed by atoms with Crippen LogP contribution in [0.2, 0.25) is 15.1 Å². The Morgan fingerprint density at radius 3 is 1.03 bits per heavy atom. The molecule has 24 heteroatoms. The van der Waals surface area contributed by atoms with E-state index in [1.807, 2.05) is 156 Å². The Bertz CT molecular complexity index is 5490. The van der Waals surface area contributed by atoms with E-state index in [0.717, 1.165) is 90.9 Å². The molecule has 20 nitrogen and oxygen atoms in total. The average molecular weight is 2050 g/mol. The summed E-state index contributed by atoms with van der Waals surface area (Å²) < 4.78 is 53.1. The largest absolute Gasteiger partial charge is 0.497 e. The van der Waals surface area contributed by atoms with Crippen LogP contribution in [0.25, 0.3) is 0 Å². The van der Waals surface area contributed by atoms with Crippen LogP contribution in [0, 0.1) is 26.7 Å². The molecule has 0 radical (unpaired) electrons. The molecule has 0 spiro atoms. The number of aryl methyl sites for hydroxylation is 4. The van der Waals surface area contributed by atoms with E-state index in [9.17, 15) is 4.39 Å². The quantitative estimate of drug-likeness (QED) is 0.122. The molecule has 12 aromatic heterocycles. The van der Waals surface area contributed by atoms with Gasteiger partial charge in [-0.15, -0.1) is 0 Å². The highest BCUT2D eigenvalue weighted by Gasteiger charge is 2.26. The molecule has 798 valence electrons. The topological polar surface area (TPSA) is 229 Å². The second-order valence-corrected chi connectivity index (χ2v) is 48.2. The van der Waals surface area contributed by atoms with E-state index in [1.54, 1.807) is 81.7 Å². The highest BCUT2D eigenvalue weighted by Crippen LogP contribution is 2.37. The zero-order valence-electron chi connectivity index (χ0n) is 97.3. The van der Waals surface area contributed by atoms with Gasteiger partial charge in [0.15, 0.2) is 5.75 Å². The van der Waals surface area contributed by atoms with Gasteiger partial charge in [0.2, 0.25) is 29.5 Å². The van der Waals surface area contributed by atoms with Crippen molar-refractivity contribution >= 4 is 34.8 Å². The van der Waals surface area contributed by atoms with E-state index < -0.39 is 5.95 Å². The lowest BCUT2D eigenvalue weighted by molar-refractivity contribution is 0.339. The Labute approximate surface area is 889 Å². The van der Waals surface area contributed by atoms with Gasteiger partial charge in [-0.2, -0.15) is 4.39 Å². The monoisotopic (exact) mass is 2050 g/mol. The van der Waals surface area contributed by atoms with E-state index in [0.29, 0.717) is 45.2 Å². The van der Waals surface area contributed by atoms with E-state index in [-0.39, 0.29) is 65.0 Å². The fourth-order valence-electron chi connectivity index (χ4n) is 12.4. The smallest absolute Gasteiger partial charge is 0.256 e. The van der Waals surface area contributed by atoms with Crippen molar-refractivity contribution in [2.75, 3.05) is 56.9 Å². The molecule has 0 bridgehead atoms. The van der Waals surface area contributed by atoms with Crippen molar-refractivity contribution in [2.24, 2.45) is 0 Å². The van der Waals surface area contributed by atoms with Gasteiger partial charge in [-0.05, 0) is 174 Å². The molecular weight excluding hydrogens is 1870 g/mol. The number of aromatic nitrogens is 12. The standard InChI is InChI=1S/C11H17NO2.C11H17N.2C10H14ClNO.C10H14ClN.4C10H15NO.2C10H15N.C9H12FN/c1-11(2,3)9-7-6-8(13-4)10(12-9)14-5;1-5-9-6-7-10(12-8-9)11(2,3)4;1-10(2,3)7-5-6-12-9(13-4)8(7)11;1-10(2,3)8-6-5-7(11)9(12-8)13-4;1-7-5-12-6-8(11)9(7)10(2,3)4;1-10(2,3)9-7-8(12-4)5-6-11-9;1-10(2,3)9-6-5-8(12-4)7-11-9;2*1-10(2,3)8-6-5-7-9(11-8)12-4;1-8-5-6-9(11-7-8)10(2,3)4;1-8-6-5-7-9(11-8)10(2,3)4;1-9(2,3)7-4-5-11-8(10)6-7/h6-7H,1-5H3;6-8H,5H2,1-4H3;2*5-6H,1-4H3;5-6H,1-4H3;4*5-7H,1-4H3;2*5-7H,1-4H3;4-6H,1-3H3. The zero-order chi connectivity index (χ0) is 112. The third kappa shape index (κ3) is 50.3. The zero-order valence-corrected chi connectivity index (χ0v) is 99.6. The molecule has 12 aromatic rings. The lowest BCUT2D eigenvalue weighted by Crippen LogP contribution is -2.14. The molecule has 0 N–H and O–H groups in total. The Hall–Kier alpha value is -11.0. The SMILES string of the molecule is CC(C)(C)c1ccnc(F)c1.CCc1ccc(C(C)(C)C)nc1.COc1ccc(C(C)(C)C)nc1.COc1ccc(C(C)(C)C)nc1OC.COc1cccc(C(C)(C)C)n1.COc1cccc(C(C)(C)C)n1.COc1ccnc(C(C)(C)C)c1.COc1nc(C(C)(C)C)ccc1Cl.COc1nccc(C(C)(C)C)c1Cl.Cc1ccc(C(C)(C)C)nc1.Cc1cccc(C(C)(C)C)n1.Cc1cncc(Cl)c1C(C)(C)C. The van der Waals surface area contributed by atoms with Gasteiger partial charge in [-0.3, -0.25) is 29.9 Å². The highest BCUT2D eigenvalue weighted by molar-refractivity contribution is 6.33. The summed E-state index contributed by atoms with van der Waals surface area (Å²) in [4.78, 5) is 50.7. The number of nitrogens with zero attached hydrogens (tertiary/aromatic N) is 12. The van der Waals surface area contributed by atoms with Gasteiger partial charge in [0.1, 0.15) is 21.5 Å². The van der Waals surface area contributed by atoms with Crippen LogP contribution in [-0.4, -0.2) is 117 Å². The number of hydrogen-bond donors (Lipinski definition) is 0. The second-order valence-electron chi connectivity index (χ2n) is 47.0. The molecular formula is C121H178Cl3FN12O8. The van der Waals surface area contributed by atoms with Gasteiger partial charge in [-0.25, -0.2) is 29.9 Å². The number of ether oxygens (including phenoxy) is 8. The van der Waals surface area contributed by atoms with Gasteiger partial charge in [0.05, 0.1) is 73.8 Å². The number of hydrogen-bond acceptors (Lipinski definition) is 20. The van der Waals surface area contributed by atoms with Gasteiger partial charge in [0.25, 0.3) is 5.88 Å². The van der Waals surface area contributed by atoms with Crippen LogP contribution in [0.15, 0.2) is 195 Å². The molecule has 0 aliphatic rings. The molecule has 0 saturated carbocycles. The predicted octanol–water partition coefficient (Wildman–Crippen LogP) is 32.2. The first-order chi connectivity index (χ1) is 66.5. The normalized spacial score (nSPS) is 11.5. The van der Waals surface area contributed by atoms with E-state index in [1.165, 1.54) is 34.6 Å². The minimum absolute atomic E-state index is 0.00375. The Morgan fingerprint density at radius 2 is 0.690 bits per heavy atom. The van der Waals surface area contributed by atoms with Gasteiger partial charge in [0, 0.05) is 162 Å². The predicted molar refractivity (Wildman–Crippen MR) is 606 cm³/mol. The van der Waals surface area contributed by atoms with Gasteiger partial charge < -0.3 is 37.9 Å². The van der Waals surface area contributed by atoms with Crippen LogP contribution in [0.3, 0.4) is 0 Å². The Balaban J connectivity index is 0.000000791. The first kappa shape index (κ1) is 132. The molecule has 12 rings (SSSR count). The van der Waals surface area contributed by atoms with Crippen molar-refractivity contribution in [2.45, 2.75) is 348 Å². The van der Waals surface area contributed by atoms with Crippen molar-refractivity contribution in [3.63, 3.8) is 0 Å². The summed E-state index contributed by atoms with van der Waals surface area (Å²) in [5.41, 5.74) is 18.8. The molecule has 0 unspecified atom stereocenters. The summed E-state index contributed by atoms with van der Waals surface area (Å²) in [5.74, 6) is 4.84. The summed E-state index contributed by atoms with van der Waals surface area (Å²) in [6.07, 6.45) is 15.3. The highest BCUT2D eigenvalue weighted by atomic mass is 35.5. The summed E-state index contributed by atoms with van der Waals surface area (Å²) >= 11 is 18.0. The van der Waals surface area contributed by atoms with Gasteiger partial charge in [-0.1, -0.05) is 321 Å². The number of halogens is 4. The third-order valence-electron chi connectivity index (χ3n) is 21.3. The molecule has 0 fully saturated rings. The maximum absolute atomic E-state index is 12.6. The van der Waals surface area contributed by atoms with Crippen LogP contribution < -0.4 is 37.9 Å². The molecule has 0 aliphatic heterocycles. The van der Waals surface area contributed by atoms with Crippen molar-refractivity contribution in [3.8, 4) is 46.6 Å². The first-order valence-corrected chi connectivity index (χ1v) is 50.2. The number of rotatable bonds is 9. The number of methoxy groups -OCH3 is 8. The van der Waals surface area contributed by atoms with Crippen molar-refractivity contribution in [1.82, 2.24) is 59.8 Å². The second kappa shape index (κ2) is 59.1. The lowest BCUT2D eigenvalue weighted by Gasteiger charge is -2.22. The molecule has 0 amide bonds. The fourth-order valence-corrected chi connectivity index (χ4v) is 13.5. The van der Waals surface area contributed by atoms with Crippen LogP contribution >= 0.6 is 34.8 Å². The Kier molecular flexibility index (Phi) is 53.8. The summed E-state index contributed by atoms with van der Waals surface area (Å²) in [5, 5.41) is 1.93. The van der Waals surface area contributed by atoms with Crippen LogP contribution in [0.1, 0.15) is 346 Å². The van der Waals surface area contributed by atoms with E-state index in [4.69, 9.17) is 72.7 Å². The van der Waals surface area contributed by atoms with E-state index >= 15 is 0 Å². The molecule has 0 aliphatic carbocycles. The molecule has 12 heterocycles. The minimum atomic E-state index is -0.405. The minimum Gasteiger partial charge on any atom is -0.497 e. The van der Waals surface area contributed by atoms with Gasteiger partial charge >= 0.3 is 0 Å². The van der Waals surface area contributed by atoms with Crippen molar-refractivity contribution < 1.29 is 42.3 Å². The maximum Gasteiger partial charge on any atom is 0.256 e. The van der Waals surface area contributed by atoms with Crippen LogP contribution in [-0.2, 0) is 71.4 Å². The van der Waals surface area contributed by atoms with Crippen LogP contribution in [0.5, 0.6) is 46.6 Å². The summed E-state index contributed by atoms with van der Waals surface area (Å²) in [7, 11) is 12.9. The molecule has 145 heavy (non-hydrogen) atoms. The summed E-state index contributed by atoms with van der Waals surface area (Å²) in [6.45, 7) is 85.0. The number of pyridine rings is 12. The Morgan fingerprint density at radius 1 is 0.283 bits per heavy atom. The fraction of sp³-hybridized carbons (Fsp3) is 0.504. The average Bonchev–Trinajstić information content (AvgIpc) is 0.800. The molecule has 0 saturated heterocycles. The molecule has 0 aromatic carbocycles. The lowest BCUT2D eigenvalue weighted by atomic mass is 9.85. The van der Waals surface area contributed by atoms with E-state index in [2.05, 4.69) is 339 Å². The van der Waals surface area contributed by atoms with Crippen molar-refractivity contribution in [3.05, 3.63) is 307 Å². The third-order valence-corrected chi connectivity index (χ3v) is 22.2. The summed E-state index contributed by atoms with van der Waals surface area (Å²) in [6, 6.07) is 46.9. The molecule has 0 atom stereocenters. The van der Waals surface area contributed by atoms with Crippen molar-refractivity contribution in [1.29, 1.82) is 0 Å². The van der Waals surface area contributed by atoms with Crippen LogP contribution in [0.4, 0.5) is 4.39 Å². The maximum atomic E-state index is 12.6.